The first-order valence-corrected chi connectivity index (χ1v) is 7.17. The van der Waals surface area contributed by atoms with Gasteiger partial charge in [-0.3, -0.25) is 4.79 Å². The molecule has 108 valence electrons. The molecule has 0 fully saturated rings. The number of benzene rings is 1. The first kappa shape index (κ1) is 16.2. The van der Waals surface area contributed by atoms with E-state index in [1.54, 1.807) is 30.3 Å². The van der Waals surface area contributed by atoms with Crippen molar-refractivity contribution < 1.29 is 14.3 Å². The van der Waals surface area contributed by atoms with Crippen molar-refractivity contribution in [2.24, 2.45) is 0 Å². The van der Waals surface area contributed by atoms with Crippen LogP contribution in [0.5, 0.6) is 0 Å². The standard InChI is InChI=1S/C17H22O3/c1-2-3-4-5-6-7-11-14-20-17(19)16(18)15-12-9-8-10-13-15/h6-10,12-13H,2-5,11,14H2,1H3/b7-6+. The van der Waals surface area contributed by atoms with Crippen LogP contribution in [0.2, 0.25) is 0 Å². The van der Waals surface area contributed by atoms with Gasteiger partial charge in [0.2, 0.25) is 0 Å². The maximum atomic E-state index is 11.7. The van der Waals surface area contributed by atoms with Gasteiger partial charge in [-0.2, -0.15) is 0 Å². The van der Waals surface area contributed by atoms with E-state index < -0.39 is 11.8 Å². The average molecular weight is 274 g/mol. The highest BCUT2D eigenvalue weighted by atomic mass is 16.5. The Morgan fingerprint density at radius 1 is 1.05 bits per heavy atom. The molecule has 1 rings (SSSR count). The van der Waals surface area contributed by atoms with Gasteiger partial charge in [0.1, 0.15) is 0 Å². The lowest BCUT2D eigenvalue weighted by Crippen LogP contribution is -2.17. The highest BCUT2D eigenvalue weighted by molar-refractivity contribution is 6.40. The second-order valence-electron chi connectivity index (χ2n) is 4.59. The zero-order chi connectivity index (χ0) is 14.6. The number of esters is 1. The molecule has 0 saturated carbocycles. The van der Waals surface area contributed by atoms with Crippen LogP contribution in [0.25, 0.3) is 0 Å². The molecule has 1 aromatic rings. The third kappa shape index (κ3) is 6.32. The number of unbranched alkanes of at least 4 members (excludes halogenated alkanes) is 3. The summed E-state index contributed by atoms with van der Waals surface area (Å²) in [5.74, 6) is -1.37. The number of rotatable bonds is 9. The van der Waals surface area contributed by atoms with Gasteiger partial charge >= 0.3 is 5.97 Å². The molecule has 20 heavy (non-hydrogen) atoms. The Morgan fingerprint density at radius 2 is 1.75 bits per heavy atom. The number of Topliss-reactive ketones (excluding diaryl/α,β-unsaturated/α-hetero) is 1. The largest absolute Gasteiger partial charge is 0.459 e. The van der Waals surface area contributed by atoms with Crippen LogP contribution >= 0.6 is 0 Å². The van der Waals surface area contributed by atoms with Crippen molar-refractivity contribution >= 4 is 11.8 Å². The molecule has 0 amide bonds. The number of hydrogen-bond donors (Lipinski definition) is 0. The molecule has 0 aliphatic heterocycles. The number of ketones is 1. The fraction of sp³-hybridized carbons (Fsp3) is 0.412. The van der Waals surface area contributed by atoms with Crippen LogP contribution in [-0.2, 0) is 9.53 Å². The minimum Gasteiger partial charge on any atom is -0.459 e. The SMILES string of the molecule is CCCCC/C=C/CCOC(=O)C(=O)c1ccccc1. The quantitative estimate of drug-likeness (QED) is 0.225. The first-order valence-electron chi connectivity index (χ1n) is 7.17. The smallest absolute Gasteiger partial charge is 0.379 e. The predicted molar refractivity (Wildman–Crippen MR) is 79.6 cm³/mol. The fourth-order valence-corrected chi connectivity index (χ4v) is 1.74. The van der Waals surface area contributed by atoms with E-state index in [0.29, 0.717) is 12.0 Å². The van der Waals surface area contributed by atoms with Gasteiger partial charge in [-0.15, -0.1) is 0 Å². The Bertz CT molecular complexity index is 435. The molecule has 1 aromatic carbocycles. The summed E-state index contributed by atoms with van der Waals surface area (Å²) in [5, 5.41) is 0. The Hall–Kier alpha value is -1.90. The highest BCUT2D eigenvalue weighted by Crippen LogP contribution is 2.03. The third-order valence-electron chi connectivity index (χ3n) is 2.88. The molecule has 0 aliphatic rings. The molecule has 3 heteroatoms. The van der Waals surface area contributed by atoms with Crippen LogP contribution in [0.15, 0.2) is 42.5 Å². The summed E-state index contributed by atoms with van der Waals surface area (Å²) in [5.41, 5.74) is 0.368. The number of hydrogen-bond acceptors (Lipinski definition) is 3. The molecule has 0 heterocycles. The molecule has 0 atom stereocenters. The first-order chi connectivity index (χ1) is 9.75. The number of carbonyl (C=O) groups is 2. The molecule has 0 bridgehead atoms. The summed E-state index contributed by atoms with van der Waals surface area (Å²) in [7, 11) is 0. The van der Waals surface area contributed by atoms with Crippen LogP contribution in [0.4, 0.5) is 0 Å². The van der Waals surface area contributed by atoms with E-state index in [0.717, 1.165) is 6.42 Å². The summed E-state index contributed by atoms with van der Waals surface area (Å²) < 4.78 is 4.95. The van der Waals surface area contributed by atoms with Crippen molar-refractivity contribution in [2.45, 2.75) is 39.0 Å². The summed E-state index contributed by atoms with van der Waals surface area (Å²) >= 11 is 0. The summed E-state index contributed by atoms with van der Waals surface area (Å²) in [4.78, 5) is 23.2. The zero-order valence-corrected chi connectivity index (χ0v) is 12.0. The van der Waals surface area contributed by atoms with Crippen LogP contribution in [0.3, 0.4) is 0 Å². The van der Waals surface area contributed by atoms with E-state index in [9.17, 15) is 9.59 Å². The van der Waals surface area contributed by atoms with Crippen LogP contribution in [-0.4, -0.2) is 18.4 Å². The van der Waals surface area contributed by atoms with Gasteiger partial charge in [-0.1, -0.05) is 62.2 Å². The van der Waals surface area contributed by atoms with Crippen molar-refractivity contribution in [3.63, 3.8) is 0 Å². The normalized spacial score (nSPS) is 10.7. The van der Waals surface area contributed by atoms with Gasteiger partial charge in [0.05, 0.1) is 6.61 Å². The van der Waals surface area contributed by atoms with Gasteiger partial charge in [-0.05, 0) is 19.3 Å². The second kappa shape index (κ2) is 9.96. The molecular weight excluding hydrogens is 252 g/mol. The van der Waals surface area contributed by atoms with E-state index in [1.165, 1.54) is 19.3 Å². The Morgan fingerprint density at radius 3 is 2.45 bits per heavy atom. The minimum absolute atomic E-state index is 0.252. The monoisotopic (exact) mass is 274 g/mol. The van der Waals surface area contributed by atoms with E-state index in [-0.39, 0.29) is 6.61 Å². The fourth-order valence-electron chi connectivity index (χ4n) is 1.74. The summed E-state index contributed by atoms with van der Waals surface area (Å²) in [6.07, 6.45) is 9.46. The van der Waals surface area contributed by atoms with Gasteiger partial charge in [0.15, 0.2) is 0 Å². The maximum Gasteiger partial charge on any atom is 0.379 e. The molecule has 0 N–H and O–H groups in total. The molecule has 0 saturated heterocycles. The van der Waals surface area contributed by atoms with Gasteiger partial charge < -0.3 is 4.74 Å². The number of carbonyl (C=O) groups excluding carboxylic acids is 2. The lowest BCUT2D eigenvalue weighted by Gasteiger charge is -2.02. The molecule has 0 unspecified atom stereocenters. The Labute approximate surface area is 120 Å². The van der Waals surface area contributed by atoms with E-state index in [1.807, 2.05) is 6.08 Å². The van der Waals surface area contributed by atoms with E-state index in [4.69, 9.17) is 4.74 Å². The lowest BCUT2D eigenvalue weighted by molar-refractivity contribution is -0.137. The summed E-state index contributed by atoms with van der Waals surface area (Å²) in [6, 6.07) is 8.46. The van der Waals surface area contributed by atoms with Crippen molar-refractivity contribution in [3.05, 3.63) is 48.0 Å². The van der Waals surface area contributed by atoms with E-state index in [2.05, 4.69) is 13.0 Å². The average Bonchev–Trinajstić information content (AvgIpc) is 2.50. The van der Waals surface area contributed by atoms with Crippen molar-refractivity contribution in [3.8, 4) is 0 Å². The van der Waals surface area contributed by atoms with Crippen molar-refractivity contribution in [1.82, 2.24) is 0 Å². The molecule has 0 aliphatic carbocycles. The Kier molecular flexibility index (Phi) is 8.04. The third-order valence-corrected chi connectivity index (χ3v) is 2.88. The van der Waals surface area contributed by atoms with Crippen LogP contribution in [0, 0.1) is 0 Å². The van der Waals surface area contributed by atoms with Crippen LogP contribution < -0.4 is 0 Å². The van der Waals surface area contributed by atoms with Crippen molar-refractivity contribution in [1.29, 1.82) is 0 Å². The van der Waals surface area contributed by atoms with E-state index >= 15 is 0 Å². The Balaban J connectivity index is 2.19. The molecule has 0 radical (unpaired) electrons. The van der Waals surface area contributed by atoms with Gasteiger partial charge in [0, 0.05) is 5.56 Å². The van der Waals surface area contributed by atoms with Gasteiger partial charge in [0.25, 0.3) is 5.78 Å². The highest BCUT2D eigenvalue weighted by Gasteiger charge is 2.16. The molecule has 3 nitrogen and oxygen atoms in total. The summed E-state index contributed by atoms with van der Waals surface area (Å²) in [6.45, 7) is 2.43. The van der Waals surface area contributed by atoms with Crippen LogP contribution in [0.1, 0.15) is 49.4 Å². The minimum atomic E-state index is -0.782. The topological polar surface area (TPSA) is 43.4 Å². The maximum absolute atomic E-state index is 11.7. The molecule has 0 aromatic heterocycles. The van der Waals surface area contributed by atoms with Gasteiger partial charge in [-0.25, -0.2) is 4.79 Å². The predicted octanol–water partition coefficient (Wildman–Crippen LogP) is 3.94. The number of allylic oxidation sites excluding steroid dienone is 1. The van der Waals surface area contributed by atoms with Crippen molar-refractivity contribution in [2.75, 3.05) is 6.61 Å². The lowest BCUT2D eigenvalue weighted by atomic mass is 10.1. The molecule has 0 spiro atoms. The second-order valence-corrected chi connectivity index (χ2v) is 4.59. The molecular formula is C17H22O3. The number of ether oxygens (including phenoxy) is 1. The zero-order valence-electron chi connectivity index (χ0n) is 12.0.